The zero-order chi connectivity index (χ0) is 15.0. The Morgan fingerprint density at radius 3 is 2.60 bits per heavy atom. The standard InChI is InChI=1S/C13H16N2O5/c1-2-19-10-6-4-3-5-9(10)13(18)15-7-12(17)20-8-11(14)16/h3-6H,2,7-8H2,1H3,(H2,14,16)(H,15,18). The first-order valence-electron chi connectivity index (χ1n) is 5.98. The number of primary amides is 1. The summed E-state index contributed by atoms with van der Waals surface area (Å²) in [4.78, 5) is 33.5. The molecule has 20 heavy (non-hydrogen) atoms. The number of hydrogen-bond donors (Lipinski definition) is 2. The number of esters is 1. The van der Waals surface area contributed by atoms with Crippen LogP contribution in [0.5, 0.6) is 5.75 Å². The predicted molar refractivity (Wildman–Crippen MR) is 70.1 cm³/mol. The van der Waals surface area contributed by atoms with Crippen LogP contribution in [0.3, 0.4) is 0 Å². The predicted octanol–water partition coefficient (Wildman–Crippen LogP) is -0.156. The Morgan fingerprint density at radius 2 is 1.95 bits per heavy atom. The van der Waals surface area contributed by atoms with Crippen molar-refractivity contribution in [2.24, 2.45) is 5.73 Å². The Labute approximate surface area is 116 Å². The highest BCUT2D eigenvalue weighted by Gasteiger charge is 2.13. The quantitative estimate of drug-likeness (QED) is 0.675. The molecule has 0 heterocycles. The highest BCUT2D eigenvalue weighted by atomic mass is 16.5. The van der Waals surface area contributed by atoms with Crippen LogP contribution in [0.1, 0.15) is 17.3 Å². The summed E-state index contributed by atoms with van der Waals surface area (Å²) in [5.41, 5.74) is 5.14. The van der Waals surface area contributed by atoms with Gasteiger partial charge in [-0.1, -0.05) is 12.1 Å². The molecule has 0 radical (unpaired) electrons. The molecular formula is C13H16N2O5. The normalized spacial score (nSPS) is 9.65. The molecule has 0 aliphatic rings. The smallest absolute Gasteiger partial charge is 0.325 e. The van der Waals surface area contributed by atoms with Crippen LogP contribution >= 0.6 is 0 Å². The number of hydrogen-bond acceptors (Lipinski definition) is 5. The molecule has 1 rings (SSSR count). The Balaban J connectivity index is 2.54. The van der Waals surface area contributed by atoms with Crippen LogP contribution in [0, 0.1) is 0 Å². The second kappa shape index (κ2) is 7.78. The third kappa shape index (κ3) is 4.97. The lowest BCUT2D eigenvalue weighted by molar-refractivity contribution is -0.146. The van der Waals surface area contributed by atoms with E-state index in [2.05, 4.69) is 10.1 Å². The highest BCUT2D eigenvalue weighted by Crippen LogP contribution is 2.17. The number of carbonyl (C=O) groups excluding carboxylic acids is 3. The Kier molecular flexibility index (Phi) is 6.02. The maximum absolute atomic E-state index is 11.9. The van der Waals surface area contributed by atoms with E-state index in [1.165, 1.54) is 0 Å². The van der Waals surface area contributed by atoms with Crippen LogP contribution < -0.4 is 15.8 Å². The van der Waals surface area contributed by atoms with Crippen molar-refractivity contribution in [1.29, 1.82) is 0 Å². The second-order valence-electron chi connectivity index (χ2n) is 3.74. The molecule has 7 heteroatoms. The van der Waals surface area contributed by atoms with Gasteiger partial charge in [0, 0.05) is 0 Å². The van der Waals surface area contributed by atoms with Gasteiger partial charge in [0.1, 0.15) is 12.3 Å². The van der Waals surface area contributed by atoms with Gasteiger partial charge in [0.2, 0.25) is 0 Å². The van der Waals surface area contributed by atoms with E-state index >= 15 is 0 Å². The number of nitrogens with two attached hydrogens (primary N) is 1. The molecule has 0 atom stereocenters. The van der Waals surface area contributed by atoms with Crippen molar-refractivity contribution in [3.63, 3.8) is 0 Å². The number of ether oxygens (including phenoxy) is 2. The molecule has 0 aliphatic carbocycles. The van der Waals surface area contributed by atoms with Gasteiger partial charge >= 0.3 is 5.97 Å². The van der Waals surface area contributed by atoms with Crippen molar-refractivity contribution < 1.29 is 23.9 Å². The first-order chi connectivity index (χ1) is 9.54. The summed E-state index contributed by atoms with van der Waals surface area (Å²) in [6.45, 7) is 1.36. The molecule has 3 N–H and O–H groups in total. The molecule has 1 aromatic rings. The molecule has 2 amide bonds. The number of carbonyl (C=O) groups is 3. The van der Waals surface area contributed by atoms with Crippen molar-refractivity contribution >= 4 is 17.8 Å². The summed E-state index contributed by atoms with van der Waals surface area (Å²) in [5.74, 6) is -1.54. The third-order valence-corrected chi connectivity index (χ3v) is 2.20. The van der Waals surface area contributed by atoms with Crippen LogP contribution in [-0.2, 0) is 14.3 Å². The molecule has 0 saturated carbocycles. The van der Waals surface area contributed by atoms with E-state index in [-0.39, 0.29) is 6.54 Å². The average Bonchev–Trinajstić information content (AvgIpc) is 2.43. The first-order valence-corrected chi connectivity index (χ1v) is 5.98. The van der Waals surface area contributed by atoms with Gasteiger partial charge in [-0.05, 0) is 19.1 Å². The van der Waals surface area contributed by atoms with Crippen molar-refractivity contribution in [3.8, 4) is 5.75 Å². The maximum Gasteiger partial charge on any atom is 0.325 e. The van der Waals surface area contributed by atoms with Crippen LogP contribution in [0.4, 0.5) is 0 Å². The van der Waals surface area contributed by atoms with Gasteiger partial charge in [-0.2, -0.15) is 0 Å². The Hall–Kier alpha value is -2.57. The fraction of sp³-hybridized carbons (Fsp3) is 0.308. The Bertz CT molecular complexity index is 501. The minimum absolute atomic E-state index is 0.317. The zero-order valence-corrected chi connectivity index (χ0v) is 11.0. The largest absolute Gasteiger partial charge is 0.493 e. The summed E-state index contributed by atoms with van der Waals surface area (Å²) in [6, 6.07) is 6.66. The van der Waals surface area contributed by atoms with E-state index < -0.39 is 24.4 Å². The summed E-state index contributed by atoms with van der Waals surface area (Å²) in [5, 5.41) is 2.38. The van der Waals surface area contributed by atoms with Gasteiger partial charge in [-0.3, -0.25) is 14.4 Å². The third-order valence-electron chi connectivity index (χ3n) is 2.20. The van der Waals surface area contributed by atoms with E-state index in [0.29, 0.717) is 17.9 Å². The lowest BCUT2D eigenvalue weighted by Gasteiger charge is -2.10. The van der Waals surface area contributed by atoms with Gasteiger partial charge in [0.25, 0.3) is 11.8 Å². The number of nitrogens with one attached hydrogen (secondary N) is 1. The molecule has 0 fully saturated rings. The van der Waals surface area contributed by atoms with Gasteiger partial charge in [-0.15, -0.1) is 0 Å². The molecule has 0 aromatic heterocycles. The highest BCUT2D eigenvalue weighted by molar-refractivity contribution is 5.98. The fourth-order valence-electron chi connectivity index (χ4n) is 1.39. The van der Waals surface area contributed by atoms with Gasteiger partial charge in [-0.25, -0.2) is 0 Å². The van der Waals surface area contributed by atoms with Crippen molar-refractivity contribution in [2.45, 2.75) is 6.92 Å². The number of amides is 2. The van der Waals surface area contributed by atoms with Crippen LogP contribution in [-0.4, -0.2) is 37.5 Å². The summed E-state index contributed by atoms with van der Waals surface area (Å²) in [7, 11) is 0. The zero-order valence-electron chi connectivity index (χ0n) is 11.0. The molecule has 0 unspecified atom stereocenters. The van der Waals surface area contributed by atoms with Crippen molar-refractivity contribution in [2.75, 3.05) is 19.8 Å². The molecule has 0 bridgehead atoms. The average molecular weight is 280 g/mol. The molecule has 0 saturated heterocycles. The van der Waals surface area contributed by atoms with Crippen molar-refractivity contribution in [3.05, 3.63) is 29.8 Å². The molecule has 0 aliphatic heterocycles. The maximum atomic E-state index is 11.9. The van der Waals surface area contributed by atoms with E-state index in [0.717, 1.165) is 0 Å². The Morgan fingerprint density at radius 1 is 1.25 bits per heavy atom. The number of para-hydroxylation sites is 1. The van der Waals surface area contributed by atoms with Gasteiger partial charge < -0.3 is 20.5 Å². The van der Waals surface area contributed by atoms with Gasteiger partial charge in [0.15, 0.2) is 6.61 Å². The van der Waals surface area contributed by atoms with Gasteiger partial charge in [0.05, 0.1) is 12.2 Å². The molecular weight excluding hydrogens is 264 g/mol. The molecule has 1 aromatic carbocycles. The molecule has 7 nitrogen and oxygen atoms in total. The van der Waals surface area contributed by atoms with Crippen molar-refractivity contribution in [1.82, 2.24) is 5.32 Å². The lowest BCUT2D eigenvalue weighted by atomic mass is 10.2. The van der Waals surface area contributed by atoms with E-state index in [1.54, 1.807) is 31.2 Å². The molecule has 0 spiro atoms. The van der Waals surface area contributed by atoms with E-state index in [4.69, 9.17) is 10.5 Å². The van der Waals surface area contributed by atoms with Crippen LogP contribution in [0.25, 0.3) is 0 Å². The summed E-state index contributed by atoms with van der Waals surface area (Å²) < 4.78 is 9.81. The molecule has 108 valence electrons. The monoisotopic (exact) mass is 280 g/mol. The topological polar surface area (TPSA) is 108 Å². The minimum atomic E-state index is -0.758. The van der Waals surface area contributed by atoms with Crippen LogP contribution in [0.2, 0.25) is 0 Å². The second-order valence-corrected chi connectivity index (χ2v) is 3.74. The number of benzene rings is 1. The van der Waals surface area contributed by atoms with E-state index in [9.17, 15) is 14.4 Å². The van der Waals surface area contributed by atoms with Crippen LogP contribution in [0.15, 0.2) is 24.3 Å². The first kappa shape index (κ1) is 15.5. The summed E-state index contributed by atoms with van der Waals surface area (Å²) in [6.07, 6.45) is 0. The fourth-order valence-corrected chi connectivity index (χ4v) is 1.39. The summed E-state index contributed by atoms with van der Waals surface area (Å²) >= 11 is 0. The SMILES string of the molecule is CCOc1ccccc1C(=O)NCC(=O)OCC(N)=O. The minimum Gasteiger partial charge on any atom is -0.493 e. The number of rotatable bonds is 7. The lowest BCUT2D eigenvalue weighted by Crippen LogP contribution is -2.32. The van der Waals surface area contributed by atoms with E-state index in [1.807, 2.05) is 0 Å².